The Morgan fingerprint density at radius 2 is 2.16 bits per heavy atom. The summed E-state index contributed by atoms with van der Waals surface area (Å²) >= 11 is 5.83. The van der Waals surface area contributed by atoms with E-state index >= 15 is 0 Å². The van der Waals surface area contributed by atoms with E-state index in [2.05, 4.69) is 10.0 Å². The van der Waals surface area contributed by atoms with Gasteiger partial charge in [0.05, 0.1) is 4.90 Å². The molecule has 1 aliphatic rings. The number of sulfonamides is 1. The van der Waals surface area contributed by atoms with Crippen molar-refractivity contribution in [1.82, 2.24) is 10.0 Å². The molecule has 2 N–H and O–H groups in total. The Kier molecular flexibility index (Phi) is 6.08. The molecule has 19 heavy (non-hydrogen) atoms. The van der Waals surface area contributed by atoms with Gasteiger partial charge in [0.2, 0.25) is 10.0 Å². The third-order valence-electron chi connectivity index (χ3n) is 3.05. The molecule has 108 valence electrons. The molecule has 1 aromatic carbocycles. The van der Waals surface area contributed by atoms with Gasteiger partial charge in [-0.3, -0.25) is 0 Å². The first-order valence-electron chi connectivity index (χ1n) is 5.98. The third-order valence-corrected chi connectivity index (χ3v) is 4.96. The van der Waals surface area contributed by atoms with Crippen molar-refractivity contribution in [2.24, 2.45) is 0 Å². The first-order chi connectivity index (χ1) is 8.49. The Labute approximate surface area is 125 Å². The molecule has 0 amide bonds. The second-order valence-electron chi connectivity index (χ2n) is 4.57. The molecule has 1 fully saturated rings. The van der Waals surface area contributed by atoms with Crippen molar-refractivity contribution >= 4 is 34.0 Å². The molecule has 7 heteroatoms. The number of nitrogens with one attached hydrogen (secondary N) is 2. The molecule has 0 unspecified atom stereocenters. The van der Waals surface area contributed by atoms with Crippen LogP contribution in [0, 0.1) is 6.92 Å². The molecule has 4 nitrogen and oxygen atoms in total. The summed E-state index contributed by atoms with van der Waals surface area (Å²) in [7, 11) is -3.46. The van der Waals surface area contributed by atoms with Crippen LogP contribution < -0.4 is 10.0 Å². The highest BCUT2D eigenvalue weighted by molar-refractivity contribution is 7.89. The van der Waals surface area contributed by atoms with Gasteiger partial charge in [-0.15, -0.1) is 12.4 Å². The highest BCUT2D eigenvalue weighted by atomic mass is 35.5. The van der Waals surface area contributed by atoms with E-state index in [1.165, 1.54) is 0 Å². The molecule has 1 atom stereocenters. The van der Waals surface area contributed by atoms with E-state index in [1.54, 1.807) is 25.1 Å². The molecule has 0 saturated carbocycles. The number of aryl methyl sites for hydroxylation is 1. The van der Waals surface area contributed by atoms with Gasteiger partial charge in [0.15, 0.2) is 0 Å². The maximum absolute atomic E-state index is 12.3. The highest BCUT2D eigenvalue weighted by Crippen LogP contribution is 2.20. The van der Waals surface area contributed by atoms with Crippen LogP contribution in [0.4, 0.5) is 0 Å². The molecule has 0 radical (unpaired) electrons. The average molecular weight is 325 g/mol. The zero-order chi connectivity index (χ0) is 13.2. The number of piperidine rings is 1. The summed E-state index contributed by atoms with van der Waals surface area (Å²) in [6.45, 7) is 3.39. The number of hydrogen-bond donors (Lipinski definition) is 2. The first kappa shape index (κ1) is 16.7. The molecular weight excluding hydrogens is 307 g/mol. The van der Waals surface area contributed by atoms with E-state index < -0.39 is 10.0 Å². The zero-order valence-corrected chi connectivity index (χ0v) is 13.0. The van der Waals surface area contributed by atoms with E-state index in [1.807, 2.05) is 0 Å². The fraction of sp³-hybridized carbons (Fsp3) is 0.500. The van der Waals surface area contributed by atoms with E-state index in [0.717, 1.165) is 19.4 Å². The topological polar surface area (TPSA) is 58.2 Å². The van der Waals surface area contributed by atoms with Crippen LogP contribution in [-0.4, -0.2) is 27.5 Å². The second kappa shape index (κ2) is 6.90. The summed E-state index contributed by atoms with van der Waals surface area (Å²) < 4.78 is 27.2. The number of halogens is 2. The lowest BCUT2D eigenvalue weighted by Crippen LogP contribution is -2.45. The van der Waals surface area contributed by atoms with E-state index in [4.69, 9.17) is 11.6 Å². The van der Waals surface area contributed by atoms with Gasteiger partial charge in [-0.2, -0.15) is 0 Å². The molecule has 1 heterocycles. The van der Waals surface area contributed by atoms with Crippen molar-refractivity contribution < 1.29 is 8.42 Å². The van der Waals surface area contributed by atoms with Crippen LogP contribution in [0.15, 0.2) is 23.1 Å². The molecule has 0 aliphatic carbocycles. The first-order valence-corrected chi connectivity index (χ1v) is 7.84. The smallest absolute Gasteiger partial charge is 0.241 e. The van der Waals surface area contributed by atoms with Crippen LogP contribution in [0.2, 0.25) is 5.02 Å². The van der Waals surface area contributed by atoms with Gasteiger partial charge in [-0.05, 0) is 50.1 Å². The number of benzene rings is 1. The lowest BCUT2D eigenvalue weighted by molar-refractivity contribution is 0.428. The van der Waals surface area contributed by atoms with Gasteiger partial charge in [-0.1, -0.05) is 11.6 Å². The molecule has 0 spiro atoms. The fourth-order valence-corrected chi connectivity index (χ4v) is 3.87. The molecular formula is C12H18Cl2N2O2S. The lowest BCUT2D eigenvalue weighted by atomic mass is 10.1. The molecule has 2 rings (SSSR count). The predicted molar refractivity (Wildman–Crippen MR) is 79.7 cm³/mol. The molecule has 0 bridgehead atoms. The standard InChI is InChI=1S/C12H17ClN2O2S.ClH/c1-9-7-10(13)4-5-12(9)18(16,17)15-11-3-2-6-14-8-11;/h4-5,7,11,14-15H,2-3,6,8H2,1H3;1H/t11-;/m1./s1. The second-order valence-corrected chi connectivity index (χ2v) is 6.69. The molecule has 0 aromatic heterocycles. The number of hydrogen-bond acceptors (Lipinski definition) is 3. The summed E-state index contributed by atoms with van der Waals surface area (Å²) in [6.07, 6.45) is 1.87. The minimum Gasteiger partial charge on any atom is -0.315 e. The molecule has 1 aromatic rings. The summed E-state index contributed by atoms with van der Waals surface area (Å²) in [5, 5.41) is 3.73. The summed E-state index contributed by atoms with van der Waals surface area (Å²) in [5.41, 5.74) is 0.666. The van der Waals surface area contributed by atoms with Crippen molar-refractivity contribution in [2.45, 2.75) is 30.7 Å². The van der Waals surface area contributed by atoms with Crippen molar-refractivity contribution in [1.29, 1.82) is 0 Å². The van der Waals surface area contributed by atoms with Crippen molar-refractivity contribution in [2.75, 3.05) is 13.1 Å². The highest BCUT2D eigenvalue weighted by Gasteiger charge is 2.22. The molecule has 1 aliphatic heterocycles. The monoisotopic (exact) mass is 324 g/mol. The fourth-order valence-electron chi connectivity index (χ4n) is 2.15. The maximum Gasteiger partial charge on any atom is 0.241 e. The van der Waals surface area contributed by atoms with Crippen LogP contribution in [0.1, 0.15) is 18.4 Å². The van der Waals surface area contributed by atoms with Crippen LogP contribution in [0.5, 0.6) is 0 Å². The van der Waals surface area contributed by atoms with Gasteiger partial charge >= 0.3 is 0 Å². The minimum atomic E-state index is -3.46. The normalized spacial score (nSPS) is 19.8. The lowest BCUT2D eigenvalue weighted by Gasteiger charge is -2.24. The summed E-state index contributed by atoms with van der Waals surface area (Å²) in [5.74, 6) is 0. The van der Waals surface area contributed by atoms with Gasteiger partial charge < -0.3 is 5.32 Å². The largest absolute Gasteiger partial charge is 0.315 e. The van der Waals surface area contributed by atoms with Crippen LogP contribution in [-0.2, 0) is 10.0 Å². The Morgan fingerprint density at radius 3 is 2.74 bits per heavy atom. The third kappa shape index (κ3) is 4.33. The quantitative estimate of drug-likeness (QED) is 0.895. The van der Waals surface area contributed by atoms with Crippen LogP contribution in [0.25, 0.3) is 0 Å². The van der Waals surface area contributed by atoms with Crippen molar-refractivity contribution in [3.8, 4) is 0 Å². The van der Waals surface area contributed by atoms with Gasteiger partial charge in [0, 0.05) is 17.6 Å². The molecule has 1 saturated heterocycles. The maximum atomic E-state index is 12.3. The van der Waals surface area contributed by atoms with Gasteiger partial charge in [-0.25, -0.2) is 13.1 Å². The predicted octanol–water partition coefficient (Wildman–Crippen LogP) is 2.10. The van der Waals surface area contributed by atoms with Gasteiger partial charge in [0.25, 0.3) is 0 Å². The Hall–Kier alpha value is -0.330. The van der Waals surface area contributed by atoms with Crippen LogP contribution in [0.3, 0.4) is 0 Å². The van der Waals surface area contributed by atoms with E-state index in [9.17, 15) is 8.42 Å². The van der Waals surface area contributed by atoms with E-state index in [0.29, 0.717) is 22.0 Å². The Morgan fingerprint density at radius 1 is 1.42 bits per heavy atom. The average Bonchev–Trinajstić information content (AvgIpc) is 2.29. The Bertz CT molecular complexity index is 529. The SMILES string of the molecule is Cc1cc(Cl)ccc1S(=O)(=O)N[C@@H]1CCCNC1.Cl. The van der Waals surface area contributed by atoms with Crippen molar-refractivity contribution in [3.05, 3.63) is 28.8 Å². The van der Waals surface area contributed by atoms with E-state index in [-0.39, 0.29) is 18.4 Å². The van der Waals surface area contributed by atoms with Gasteiger partial charge in [0.1, 0.15) is 0 Å². The summed E-state index contributed by atoms with van der Waals surface area (Å²) in [4.78, 5) is 0.303. The zero-order valence-electron chi connectivity index (χ0n) is 10.6. The van der Waals surface area contributed by atoms with Crippen molar-refractivity contribution in [3.63, 3.8) is 0 Å². The minimum absolute atomic E-state index is 0. The number of rotatable bonds is 3. The summed E-state index contributed by atoms with van der Waals surface area (Å²) in [6, 6.07) is 4.78. The Balaban J connectivity index is 0.00000180. The van der Waals surface area contributed by atoms with Crippen LogP contribution >= 0.6 is 24.0 Å².